The zero-order chi connectivity index (χ0) is 14.1. The second-order valence-corrected chi connectivity index (χ2v) is 6.01. The molecule has 0 radical (unpaired) electrons. The van der Waals surface area contributed by atoms with Crippen LogP contribution in [0.1, 0.15) is 37.1 Å². The highest BCUT2D eigenvalue weighted by atomic mass is 16.3. The number of piperidine rings is 1. The Hall–Kier alpha value is -1.45. The van der Waals surface area contributed by atoms with Crippen molar-refractivity contribution in [2.24, 2.45) is 5.92 Å². The van der Waals surface area contributed by atoms with E-state index in [4.69, 9.17) is 0 Å². The first-order valence-electron chi connectivity index (χ1n) is 7.43. The fraction of sp³-hybridized carbons (Fsp3) is 0.471. The van der Waals surface area contributed by atoms with Gasteiger partial charge < -0.3 is 10.4 Å². The topological polar surface area (TPSA) is 45.1 Å². The fourth-order valence-electron chi connectivity index (χ4n) is 3.19. The van der Waals surface area contributed by atoms with E-state index in [0.29, 0.717) is 5.92 Å². The van der Waals surface area contributed by atoms with Crippen LogP contribution in [0, 0.1) is 12.8 Å². The van der Waals surface area contributed by atoms with Crippen LogP contribution in [0.2, 0.25) is 0 Å². The summed E-state index contributed by atoms with van der Waals surface area (Å²) in [5, 5.41) is 15.3. The smallest absolute Gasteiger partial charge is 0.0950 e. The van der Waals surface area contributed by atoms with Gasteiger partial charge in [-0.15, -0.1) is 0 Å². The molecule has 0 saturated carbocycles. The number of benzene rings is 1. The first kappa shape index (κ1) is 13.5. The molecule has 0 aliphatic carbocycles. The largest absolute Gasteiger partial charge is 0.387 e. The number of aromatic nitrogens is 1. The maximum Gasteiger partial charge on any atom is 0.0950 e. The van der Waals surface area contributed by atoms with Gasteiger partial charge in [0, 0.05) is 17.1 Å². The maximum atomic E-state index is 10.8. The second-order valence-electron chi connectivity index (χ2n) is 6.01. The predicted octanol–water partition coefficient (Wildman–Crippen LogP) is 2.96. The Bertz CT molecular complexity index is 611. The minimum absolute atomic E-state index is 0.143. The van der Waals surface area contributed by atoms with Crippen molar-refractivity contribution in [3.05, 3.63) is 41.6 Å². The van der Waals surface area contributed by atoms with Crippen molar-refractivity contribution in [2.45, 2.75) is 38.8 Å². The average Bonchev–Trinajstić information content (AvgIpc) is 2.45. The Morgan fingerprint density at radius 3 is 2.95 bits per heavy atom. The summed E-state index contributed by atoms with van der Waals surface area (Å²) in [6, 6.07) is 10.2. The Morgan fingerprint density at radius 2 is 2.15 bits per heavy atom. The highest BCUT2D eigenvalue weighted by Crippen LogP contribution is 2.30. The number of nitrogens with one attached hydrogen (secondary N) is 1. The number of aliphatic hydroxyl groups is 1. The van der Waals surface area contributed by atoms with Gasteiger partial charge in [0.15, 0.2) is 0 Å². The number of nitrogens with zero attached hydrogens (tertiary/aromatic N) is 1. The molecule has 1 aromatic carbocycles. The number of aryl methyl sites for hydroxylation is 1. The molecule has 106 valence electrons. The van der Waals surface area contributed by atoms with Gasteiger partial charge in [0.2, 0.25) is 0 Å². The number of pyridine rings is 1. The summed E-state index contributed by atoms with van der Waals surface area (Å²) in [7, 11) is 0. The summed E-state index contributed by atoms with van der Waals surface area (Å²) in [6.07, 6.45) is 1.75. The molecule has 2 N–H and O–H groups in total. The summed E-state index contributed by atoms with van der Waals surface area (Å²) < 4.78 is 0. The van der Waals surface area contributed by atoms with Crippen molar-refractivity contribution in [3.63, 3.8) is 0 Å². The quantitative estimate of drug-likeness (QED) is 0.882. The summed E-state index contributed by atoms with van der Waals surface area (Å²) in [5.41, 5.74) is 2.92. The third-order valence-electron chi connectivity index (χ3n) is 4.28. The van der Waals surface area contributed by atoms with Gasteiger partial charge in [0.05, 0.1) is 11.6 Å². The molecule has 2 heterocycles. The van der Waals surface area contributed by atoms with Crippen LogP contribution in [0.5, 0.6) is 0 Å². The standard InChI is InChI=1S/C17H22N2O/c1-11-7-8-18-16(9-11)17(20)14-10-12(2)19-15-6-4-3-5-13(14)15/h3-6,10-11,16-18,20H,7-9H2,1-2H3. The average molecular weight is 270 g/mol. The summed E-state index contributed by atoms with van der Waals surface area (Å²) >= 11 is 0. The van der Waals surface area contributed by atoms with Gasteiger partial charge in [0.25, 0.3) is 0 Å². The van der Waals surface area contributed by atoms with Crippen LogP contribution in [0.25, 0.3) is 10.9 Å². The summed E-state index contributed by atoms with van der Waals surface area (Å²) in [4.78, 5) is 4.55. The van der Waals surface area contributed by atoms with Crippen LogP contribution in [-0.4, -0.2) is 22.7 Å². The lowest BCUT2D eigenvalue weighted by atomic mass is 9.87. The molecular weight excluding hydrogens is 248 g/mol. The lowest BCUT2D eigenvalue weighted by molar-refractivity contribution is 0.102. The molecule has 1 aliphatic heterocycles. The first-order chi connectivity index (χ1) is 9.65. The molecule has 3 unspecified atom stereocenters. The molecule has 3 atom stereocenters. The number of fused-ring (bicyclic) bond motifs is 1. The van der Waals surface area contributed by atoms with Crippen LogP contribution in [0.15, 0.2) is 30.3 Å². The van der Waals surface area contributed by atoms with E-state index in [1.54, 1.807) is 0 Å². The van der Waals surface area contributed by atoms with Crippen LogP contribution < -0.4 is 5.32 Å². The highest BCUT2D eigenvalue weighted by Gasteiger charge is 2.27. The van der Waals surface area contributed by atoms with E-state index in [9.17, 15) is 5.11 Å². The van der Waals surface area contributed by atoms with E-state index in [2.05, 4.69) is 17.2 Å². The van der Waals surface area contributed by atoms with E-state index in [0.717, 1.165) is 35.1 Å². The Labute approximate surface area is 120 Å². The van der Waals surface area contributed by atoms with Crippen LogP contribution in [0.3, 0.4) is 0 Å². The monoisotopic (exact) mass is 270 g/mol. The Morgan fingerprint density at radius 1 is 1.35 bits per heavy atom. The maximum absolute atomic E-state index is 10.8. The number of para-hydroxylation sites is 1. The van der Waals surface area contributed by atoms with Crippen molar-refractivity contribution in [3.8, 4) is 0 Å². The third-order valence-corrected chi connectivity index (χ3v) is 4.28. The molecule has 20 heavy (non-hydrogen) atoms. The van der Waals surface area contributed by atoms with Crippen molar-refractivity contribution < 1.29 is 5.11 Å². The van der Waals surface area contributed by atoms with E-state index in [-0.39, 0.29) is 6.04 Å². The molecule has 1 saturated heterocycles. The highest BCUT2D eigenvalue weighted by molar-refractivity contribution is 5.82. The third kappa shape index (κ3) is 2.56. The van der Waals surface area contributed by atoms with Gasteiger partial charge in [-0.3, -0.25) is 4.98 Å². The number of rotatable bonds is 2. The van der Waals surface area contributed by atoms with Crippen molar-refractivity contribution in [1.82, 2.24) is 10.3 Å². The van der Waals surface area contributed by atoms with Crippen LogP contribution >= 0.6 is 0 Å². The van der Waals surface area contributed by atoms with E-state index >= 15 is 0 Å². The molecule has 1 fully saturated rings. The zero-order valence-corrected chi connectivity index (χ0v) is 12.1. The van der Waals surface area contributed by atoms with Crippen molar-refractivity contribution in [2.75, 3.05) is 6.54 Å². The Balaban J connectivity index is 2.00. The summed E-state index contributed by atoms with van der Waals surface area (Å²) in [5.74, 6) is 0.671. The van der Waals surface area contributed by atoms with Crippen molar-refractivity contribution in [1.29, 1.82) is 0 Å². The number of hydrogen-bond acceptors (Lipinski definition) is 3. The van der Waals surface area contributed by atoms with E-state index in [1.165, 1.54) is 6.42 Å². The molecule has 1 aromatic heterocycles. The van der Waals surface area contributed by atoms with E-state index in [1.807, 2.05) is 37.3 Å². The molecule has 3 heteroatoms. The van der Waals surface area contributed by atoms with Gasteiger partial charge >= 0.3 is 0 Å². The molecular formula is C17H22N2O. The lowest BCUT2D eigenvalue weighted by Gasteiger charge is -2.32. The molecule has 3 nitrogen and oxygen atoms in total. The summed E-state index contributed by atoms with van der Waals surface area (Å²) in [6.45, 7) is 5.24. The van der Waals surface area contributed by atoms with Crippen LogP contribution in [-0.2, 0) is 0 Å². The van der Waals surface area contributed by atoms with Gasteiger partial charge in [0.1, 0.15) is 0 Å². The lowest BCUT2D eigenvalue weighted by Crippen LogP contribution is -2.41. The predicted molar refractivity (Wildman–Crippen MR) is 81.6 cm³/mol. The molecule has 2 aromatic rings. The second kappa shape index (κ2) is 5.51. The van der Waals surface area contributed by atoms with Gasteiger partial charge in [-0.25, -0.2) is 0 Å². The molecule has 1 aliphatic rings. The molecule has 0 spiro atoms. The number of hydrogen-bond donors (Lipinski definition) is 2. The van der Waals surface area contributed by atoms with Gasteiger partial charge in [-0.05, 0) is 49.9 Å². The van der Waals surface area contributed by atoms with Gasteiger partial charge in [-0.2, -0.15) is 0 Å². The molecule has 0 amide bonds. The minimum Gasteiger partial charge on any atom is -0.387 e. The van der Waals surface area contributed by atoms with Gasteiger partial charge in [-0.1, -0.05) is 25.1 Å². The Kier molecular flexibility index (Phi) is 3.72. The fourth-order valence-corrected chi connectivity index (χ4v) is 3.19. The molecule has 0 bridgehead atoms. The van der Waals surface area contributed by atoms with Crippen LogP contribution in [0.4, 0.5) is 0 Å². The van der Waals surface area contributed by atoms with E-state index < -0.39 is 6.10 Å². The minimum atomic E-state index is -0.468. The number of aliphatic hydroxyl groups excluding tert-OH is 1. The normalized spacial score (nSPS) is 24.8. The van der Waals surface area contributed by atoms with Crippen molar-refractivity contribution >= 4 is 10.9 Å². The molecule has 3 rings (SSSR count). The first-order valence-corrected chi connectivity index (χ1v) is 7.43. The SMILES string of the molecule is Cc1cc(C(O)C2CC(C)CCN2)c2ccccc2n1. The zero-order valence-electron chi connectivity index (χ0n) is 12.1.